The Labute approximate surface area is 94.1 Å². The molecule has 2 atom stereocenters. The van der Waals surface area contributed by atoms with Crippen LogP contribution in [0.1, 0.15) is 13.3 Å². The minimum atomic E-state index is -3.71. The van der Waals surface area contributed by atoms with Gasteiger partial charge in [0.1, 0.15) is 0 Å². The summed E-state index contributed by atoms with van der Waals surface area (Å²) in [6.07, 6.45) is -1.19. The van der Waals surface area contributed by atoms with Gasteiger partial charge in [0.15, 0.2) is 12.3 Å². The first-order valence-electron chi connectivity index (χ1n) is 4.85. The van der Waals surface area contributed by atoms with Gasteiger partial charge in [0.05, 0.1) is 12.9 Å². The number of amides is 1. The molecule has 7 nitrogen and oxygen atoms in total. The predicted octanol–water partition coefficient (Wildman–Crippen LogP) is -0.488. The maximum atomic E-state index is 11.3. The van der Waals surface area contributed by atoms with Crippen molar-refractivity contribution in [2.75, 3.05) is 19.4 Å². The summed E-state index contributed by atoms with van der Waals surface area (Å²) in [5.41, 5.74) is 0. The largest absolute Gasteiger partial charge is 0.439 e. The smallest absolute Gasteiger partial charge is 0.412 e. The van der Waals surface area contributed by atoms with E-state index < -0.39 is 35.2 Å². The highest BCUT2D eigenvalue weighted by Gasteiger charge is 2.43. The minimum Gasteiger partial charge on any atom is -0.439 e. The Kier molecular flexibility index (Phi) is 4.11. The van der Waals surface area contributed by atoms with Crippen LogP contribution in [0.15, 0.2) is 0 Å². The Morgan fingerprint density at radius 1 is 1.56 bits per heavy atom. The van der Waals surface area contributed by atoms with Crippen molar-refractivity contribution in [1.29, 1.82) is 0 Å². The van der Waals surface area contributed by atoms with Crippen LogP contribution >= 0.6 is 0 Å². The molecule has 1 unspecified atom stereocenters. The molecule has 1 amide bonds. The van der Waals surface area contributed by atoms with Gasteiger partial charge in [-0.15, -0.1) is 0 Å². The van der Waals surface area contributed by atoms with Crippen LogP contribution in [0, 0.1) is 0 Å². The van der Waals surface area contributed by atoms with Gasteiger partial charge in [-0.1, -0.05) is 6.92 Å². The monoisotopic (exact) mass is 253 g/mol. The van der Waals surface area contributed by atoms with E-state index in [0.717, 1.165) is 11.2 Å². The fourth-order valence-corrected chi connectivity index (χ4v) is 2.03. The highest BCUT2D eigenvalue weighted by molar-refractivity contribution is 7.86. The number of nitrogens with zero attached hydrogens (tertiary/aromatic N) is 1. The summed E-state index contributed by atoms with van der Waals surface area (Å²) in [5.74, 6) is 0. The Morgan fingerprint density at radius 3 is 2.62 bits per heavy atom. The van der Waals surface area contributed by atoms with Crippen molar-refractivity contribution >= 4 is 16.2 Å². The molecule has 0 aliphatic carbocycles. The van der Waals surface area contributed by atoms with Gasteiger partial charge in [0.2, 0.25) is 0 Å². The van der Waals surface area contributed by atoms with Gasteiger partial charge in [-0.05, 0) is 6.42 Å². The molecule has 0 radical (unpaired) electrons. The van der Waals surface area contributed by atoms with Crippen LogP contribution in [-0.2, 0) is 19.0 Å². The number of carbonyl (C=O) groups is 1. The molecule has 1 aliphatic rings. The average molecular weight is 253 g/mol. The van der Waals surface area contributed by atoms with E-state index >= 15 is 0 Å². The number of aliphatic hydroxyl groups is 1. The van der Waals surface area contributed by atoms with Crippen molar-refractivity contribution in [1.82, 2.24) is 4.90 Å². The second kappa shape index (κ2) is 4.98. The Bertz CT molecular complexity index is 354. The van der Waals surface area contributed by atoms with Crippen LogP contribution in [0.25, 0.3) is 0 Å². The van der Waals surface area contributed by atoms with E-state index in [9.17, 15) is 13.2 Å². The number of carbonyl (C=O) groups excluding carboxylic acids is 1. The molecule has 0 bridgehead atoms. The normalized spacial score (nSPS) is 25.9. The molecular weight excluding hydrogens is 238 g/mol. The maximum absolute atomic E-state index is 11.3. The molecule has 8 heteroatoms. The molecule has 0 saturated carbocycles. The van der Waals surface area contributed by atoms with Gasteiger partial charge >= 0.3 is 6.09 Å². The van der Waals surface area contributed by atoms with Crippen molar-refractivity contribution in [3.8, 4) is 0 Å². The van der Waals surface area contributed by atoms with E-state index in [4.69, 9.17) is 14.0 Å². The summed E-state index contributed by atoms with van der Waals surface area (Å²) in [4.78, 5) is 12.5. The average Bonchev–Trinajstić information content (AvgIpc) is 2.43. The van der Waals surface area contributed by atoms with E-state index in [1.807, 2.05) is 6.92 Å². The van der Waals surface area contributed by atoms with Gasteiger partial charge in [-0.3, -0.25) is 4.90 Å². The molecule has 1 fully saturated rings. The van der Waals surface area contributed by atoms with Gasteiger partial charge < -0.3 is 9.84 Å². The van der Waals surface area contributed by atoms with Crippen molar-refractivity contribution in [3.05, 3.63) is 0 Å². The predicted molar refractivity (Wildman–Crippen MR) is 54.1 cm³/mol. The maximum Gasteiger partial charge on any atom is 0.412 e. The van der Waals surface area contributed by atoms with Crippen molar-refractivity contribution in [3.63, 3.8) is 0 Å². The molecule has 94 valence electrons. The number of hydrogen-bond donors (Lipinski definition) is 1. The zero-order chi connectivity index (χ0) is 12.3. The van der Waals surface area contributed by atoms with Crippen molar-refractivity contribution in [2.24, 2.45) is 0 Å². The molecular formula is C8H15NO6S. The highest BCUT2D eigenvalue weighted by atomic mass is 32.2. The van der Waals surface area contributed by atoms with E-state index in [1.54, 1.807) is 0 Å². The lowest BCUT2D eigenvalue weighted by Gasteiger charge is -2.21. The third-order valence-electron chi connectivity index (χ3n) is 2.03. The quantitative estimate of drug-likeness (QED) is 0.665. The van der Waals surface area contributed by atoms with Gasteiger partial charge in [0, 0.05) is 6.54 Å². The van der Waals surface area contributed by atoms with E-state index in [1.165, 1.54) is 0 Å². The van der Waals surface area contributed by atoms with Crippen LogP contribution < -0.4 is 0 Å². The fourth-order valence-electron chi connectivity index (χ4n) is 1.44. The lowest BCUT2D eigenvalue weighted by atomic mass is 10.3. The molecule has 0 spiro atoms. The minimum absolute atomic E-state index is 0.315. The number of hydrogen-bond acceptors (Lipinski definition) is 6. The molecule has 0 aromatic carbocycles. The summed E-state index contributed by atoms with van der Waals surface area (Å²) in [6, 6.07) is 0. The molecule has 1 rings (SSSR count). The fraction of sp³-hybridized carbons (Fsp3) is 0.875. The van der Waals surface area contributed by atoms with E-state index in [-0.39, 0.29) is 0 Å². The van der Waals surface area contributed by atoms with Crippen molar-refractivity contribution < 1.29 is 27.2 Å². The highest BCUT2D eigenvalue weighted by Crippen LogP contribution is 2.22. The van der Waals surface area contributed by atoms with E-state index in [2.05, 4.69) is 0 Å². The second-order valence-electron chi connectivity index (χ2n) is 3.49. The van der Waals surface area contributed by atoms with Crippen LogP contribution in [0.4, 0.5) is 4.79 Å². The summed E-state index contributed by atoms with van der Waals surface area (Å²) in [7, 11) is -3.71. The number of cyclic esters (lactones) is 1. The first-order chi connectivity index (χ1) is 7.39. The number of rotatable bonds is 5. The molecule has 1 N–H and O–H groups in total. The van der Waals surface area contributed by atoms with Crippen LogP contribution in [0.3, 0.4) is 0 Å². The molecule has 1 heterocycles. The van der Waals surface area contributed by atoms with Crippen LogP contribution in [0.2, 0.25) is 0 Å². The van der Waals surface area contributed by atoms with Gasteiger partial charge in [-0.2, -0.15) is 8.42 Å². The third-order valence-corrected chi connectivity index (χ3v) is 2.58. The Morgan fingerprint density at radius 2 is 2.19 bits per heavy atom. The first-order valence-corrected chi connectivity index (χ1v) is 6.67. The molecule has 0 aromatic rings. The number of aliphatic hydroxyl groups excluding tert-OH is 1. The topological polar surface area (TPSA) is 93.1 Å². The summed E-state index contributed by atoms with van der Waals surface area (Å²) in [6.45, 7) is 1.67. The summed E-state index contributed by atoms with van der Waals surface area (Å²) in [5, 5.41) is 8.96. The SMILES string of the molecule is CCCN1C(=O)O[C@@H](CO)C1OS(C)(=O)=O. The van der Waals surface area contributed by atoms with Gasteiger partial charge in [0.25, 0.3) is 10.1 Å². The third kappa shape index (κ3) is 3.06. The molecule has 0 aromatic heterocycles. The zero-order valence-corrected chi connectivity index (χ0v) is 9.94. The van der Waals surface area contributed by atoms with Crippen LogP contribution in [-0.4, -0.2) is 56.3 Å². The Balaban J connectivity index is 2.84. The molecule has 1 saturated heterocycles. The summed E-state index contributed by atoms with van der Waals surface area (Å²) < 4.78 is 31.5. The molecule has 1 aliphatic heterocycles. The second-order valence-corrected chi connectivity index (χ2v) is 5.09. The summed E-state index contributed by atoms with van der Waals surface area (Å²) >= 11 is 0. The lowest BCUT2D eigenvalue weighted by molar-refractivity contribution is 0.0101. The van der Waals surface area contributed by atoms with Crippen LogP contribution in [0.5, 0.6) is 0 Å². The number of ether oxygens (including phenoxy) is 1. The van der Waals surface area contributed by atoms with Crippen molar-refractivity contribution in [2.45, 2.75) is 25.7 Å². The first kappa shape index (κ1) is 13.2. The standard InChI is InChI=1S/C8H15NO6S/c1-3-4-9-7(15-16(2,12)13)6(5-10)14-8(9)11/h6-7,10H,3-5H2,1-2H3/t6-,7?/m0/s1. The lowest BCUT2D eigenvalue weighted by Crippen LogP contribution is -2.41. The van der Waals surface area contributed by atoms with Gasteiger partial charge in [-0.25, -0.2) is 8.98 Å². The molecule has 16 heavy (non-hydrogen) atoms. The van der Waals surface area contributed by atoms with E-state index in [0.29, 0.717) is 13.0 Å². The Hall–Kier alpha value is -0.860. The zero-order valence-electron chi connectivity index (χ0n) is 9.12.